The van der Waals surface area contributed by atoms with E-state index >= 15 is 0 Å². The molecule has 0 atom stereocenters. The lowest BCUT2D eigenvalue weighted by molar-refractivity contribution is -0.384. The van der Waals surface area contributed by atoms with Crippen molar-refractivity contribution in [3.63, 3.8) is 0 Å². The normalized spacial score (nSPS) is 10.9. The fraction of sp³-hybridized carbons (Fsp3) is 0. The first-order valence-corrected chi connectivity index (χ1v) is 6.49. The van der Waals surface area contributed by atoms with Crippen LogP contribution in [0.3, 0.4) is 0 Å². The van der Waals surface area contributed by atoms with Gasteiger partial charge in [0.05, 0.1) is 11.1 Å². The molecule has 2 rings (SSSR count). The standard InChI is InChI=1S/C11H8N2O5S/c14-13(15)9-3-5-11(6-4-9)19(16,17)18-10-2-1-7-12-8-10/h1-8H. The van der Waals surface area contributed by atoms with Crippen LogP contribution >= 0.6 is 0 Å². The van der Waals surface area contributed by atoms with Crippen molar-refractivity contribution >= 4 is 15.8 Å². The largest absolute Gasteiger partial charge is 0.377 e. The Morgan fingerprint density at radius 3 is 2.37 bits per heavy atom. The van der Waals surface area contributed by atoms with Gasteiger partial charge in [0.2, 0.25) is 0 Å². The summed E-state index contributed by atoms with van der Waals surface area (Å²) in [5.74, 6) is 0.0702. The molecule has 2 aromatic rings. The van der Waals surface area contributed by atoms with Crippen molar-refractivity contribution in [2.75, 3.05) is 0 Å². The van der Waals surface area contributed by atoms with Crippen molar-refractivity contribution in [1.82, 2.24) is 4.98 Å². The van der Waals surface area contributed by atoms with E-state index in [1.807, 2.05) is 0 Å². The molecule has 0 fully saturated rings. The molecule has 98 valence electrons. The van der Waals surface area contributed by atoms with Crippen molar-refractivity contribution in [3.8, 4) is 5.75 Å². The van der Waals surface area contributed by atoms with Crippen LogP contribution in [-0.2, 0) is 10.1 Å². The number of nitro groups is 1. The topological polar surface area (TPSA) is 99.4 Å². The minimum Gasteiger partial charge on any atom is -0.377 e. The number of pyridine rings is 1. The van der Waals surface area contributed by atoms with Gasteiger partial charge in [-0.15, -0.1) is 0 Å². The van der Waals surface area contributed by atoms with Gasteiger partial charge in [-0.2, -0.15) is 8.42 Å². The number of aromatic nitrogens is 1. The molecule has 7 nitrogen and oxygen atoms in total. The molecule has 1 aromatic heterocycles. The van der Waals surface area contributed by atoms with Crippen molar-refractivity contribution in [2.45, 2.75) is 4.90 Å². The van der Waals surface area contributed by atoms with E-state index in [4.69, 9.17) is 4.18 Å². The van der Waals surface area contributed by atoms with Crippen LogP contribution in [0.25, 0.3) is 0 Å². The van der Waals surface area contributed by atoms with Crippen molar-refractivity contribution in [2.24, 2.45) is 0 Å². The Hall–Kier alpha value is -2.48. The van der Waals surface area contributed by atoms with Crippen molar-refractivity contribution < 1.29 is 17.5 Å². The highest BCUT2D eigenvalue weighted by Crippen LogP contribution is 2.19. The van der Waals surface area contributed by atoms with Crippen LogP contribution in [0.15, 0.2) is 53.7 Å². The molecule has 0 unspecified atom stereocenters. The molecule has 1 aromatic carbocycles. The third kappa shape index (κ3) is 3.05. The van der Waals surface area contributed by atoms with E-state index in [-0.39, 0.29) is 16.3 Å². The quantitative estimate of drug-likeness (QED) is 0.480. The van der Waals surface area contributed by atoms with Crippen LogP contribution in [0.2, 0.25) is 0 Å². The van der Waals surface area contributed by atoms with E-state index < -0.39 is 15.0 Å². The van der Waals surface area contributed by atoms with Crippen LogP contribution in [0.1, 0.15) is 0 Å². The summed E-state index contributed by atoms with van der Waals surface area (Å²) in [4.78, 5) is 13.4. The first-order chi connectivity index (χ1) is 8.99. The van der Waals surface area contributed by atoms with Crippen LogP contribution in [0.4, 0.5) is 5.69 Å². The lowest BCUT2D eigenvalue weighted by atomic mass is 10.3. The number of rotatable bonds is 4. The monoisotopic (exact) mass is 280 g/mol. The fourth-order valence-corrected chi connectivity index (χ4v) is 2.22. The Kier molecular flexibility index (Phi) is 3.43. The van der Waals surface area contributed by atoms with Gasteiger partial charge in [-0.3, -0.25) is 15.1 Å². The van der Waals surface area contributed by atoms with Gasteiger partial charge in [0, 0.05) is 18.3 Å². The summed E-state index contributed by atoms with van der Waals surface area (Å²) in [5.41, 5.74) is -0.194. The number of non-ortho nitro benzene ring substituents is 1. The highest BCUT2D eigenvalue weighted by atomic mass is 32.2. The third-order valence-electron chi connectivity index (χ3n) is 2.18. The van der Waals surface area contributed by atoms with Gasteiger partial charge in [0.15, 0.2) is 5.75 Å². The smallest absolute Gasteiger partial charge is 0.339 e. The summed E-state index contributed by atoms with van der Waals surface area (Å²) in [6.45, 7) is 0. The average molecular weight is 280 g/mol. The summed E-state index contributed by atoms with van der Waals surface area (Å²) in [5, 5.41) is 10.5. The van der Waals surface area contributed by atoms with E-state index in [1.165, 1.54) is 24.5 Å². The predicted octanol–water partition coefficient (Wildman–Crippen LogP) is 1.76. The number of nitrogens with zero attached hydrogens (tertiary/aromatic N) is 2. The first kappa shape index (κ1) is 13.0. The Labute approximate surface area is 108 Å². The molecule has 0 radical (unpaired) electrons. The maximum Gasteiger partial charge on any atom is 0.339 e. The van der Waals surface area contributed by atoms with Gasteiger partial charge in [-0.25, -0.2) is 0 Å². The molecule has 0 N–H and O–H groups in total. The second-order valence-electron chi connectivity index (χ2n) is 3.48. The molecule has 0 aliphatic carbocycles. The lowest BCUT2D eigenvalue weighted by Gasteiger charge is -2.05. The van der Waals surface area contributed by atoms with E-state index in [9.17, 15) is 18.5 Å². The summed E-state index contributed by atoms with van der Waals surface area (Å²) in [6.07, 6.45) is 2.73. The van der Waals surface area contributed by atoms with Crippen LogP contribution in [0.5, 0.6) is 5.75 Å². The number of nitro benzene ring substituents is 1. The van der Waals surface area contributed by atoms with Crippen LogP contribution in [-0.4, -0.2) is 18.3 Å². The van der Waals surface area contributed by atoms with E-state index in [0.717, 1.165) is 24.3 Å². The Morgan fingerprint density at radius 1 is 1.16 bits per heavy atom. The molecule has 0 amide bonds. The molecule has 8 heteroatoms. The summed E-state index contributed by atoms with van der Waals surface area (Å²) < 4.78 is 28.6. The Bertz CT molecular complexity index is 683. The maximum absolute atomic E-state index is 11.9. The molecule has 0 bridgehead atoms. The Balaban J connectivity index is 2.27. The highest BCUT2D eigenvalue weighted by Gasteiger charge is 2.18. The van der Waals surface area contributed by atoms with Gasteiger partial charge >= 0.3 is 10.1 Å². The predicted molar refractivity (Wildman–Crippen MR) is 65.1 cm³/mol. The molecule has 0 aliphatic heterocycles. The fourth-order valence-electron chi connectivity index (χ4n) is 1.31. The summed E-state index contributed by atoms with van der Waals surface area (Å²) >= 11 is 0. The van der Waals surface area contributed by atoms with Gasteiger partial charge < -0.3 is 4.18 Å². The average Bonchev–Trinajstić information content (AvgIpc) is 2.39. The van der Waals surface area contributed by atoms with Crippen LogP contribution in [0, 0.1) is 10.1 Å². The van der Waals surface area contributed by atoms with Crippen LogP contribution < -0.4 is 4.18 Å². The molecular weight excluding hydrogens is 272 g/mol. The number of hydrogen-bond donors (Lipinski definition) is 0. The highest BCUT2D eigenvalue weighted by molar-refractivity contribution is 7.87. The maximum atomic E-state index is 11.9. The zero-order valence-corrected chi connectivity index (χ0v) is 10.3. The summed E-state index contributed by atoms with van der Waals surface area (Å²) in [7, 11) is -4.02. The Morgan fingerprint density at radius 2 is 1.84 bits per heavy atom. The van der Waals surface area contributed by atoms with Crippen molar-refractivity contribution in [3.05, 3.63) is 58.9 Å². The number of hydrogen-bond acceptors (Lipinski definition) is 6. The van der Waals surface area contributed by atoms with Gasteiger partial charge in [0.1, 0.15) is 4.90 Å². The first-order valence-electron chi connectivity index (χ1n) is 5.08. The van der Waals surface area contributed by atoms with E-state index in [0.29, 0.717) is 0 Å². The third-order valence-corrected chi connectivity index (χ3v) is 3.44. The van der Waals surface area contributed by atoms with E-state index in [1.54, 1.807) is 0 Å². The molecule has 0 saturated heterocycles. The zero-order valence-electron chi connectivity index (χ0n) is 9.46. The van der Waals surface area contributed by atoms with E-state index in [2.05, 4.69) is 4.98 Å². The molecule has 19 heavy (non-hydrogen) atoms. The molecule has 0 saturated carbocycles. The SMILES string of the molecule is O=[N+]([O-])c1ccc(S(=O)(=O)Oc2cccnc2)cc1. The lowest BCUT2D eigenvalue weighted by Crippen LogP contribution is -2.09. The molecule has 1 heterocycles. The van der Waals surface area contributed by atoms with Gasteiger partial charge in [-0.1, -0.05) is 0 Å². The number of benzene rings is 1. The second-order valence-corrected chi connectivity index (χ2v) is 5.02. The molecule has 0 aliphatic rings. The summed E-state index contributed by atoms with van der Waals surface area (Å²) in [6, 6.07) is 7.39. The molecular formula is C11H8N2O5S. The second kappa shape index (κ2) is 5.02. The van der Waals surface area contributed by atoms with Crippen molar-refractivity contribution in [1.29, 1.82) is 0 Å². The minimum absolute atomic E-state index is 0.0702. The van der Waals surface area contributed by atoms with Gasteiger partial charge in [0.25, 0.3) is 5.69 Å². The molecule has 0 spiro atoms. The zero-order chi connectivity index (χ0) is 13.9. The minimum atomic E-state index is -4.02. The van der Waals surface area contributed by atoms with Gasteiger partial charge in [-0.05, 0) is 24.3 Å².